The first-order valence-electron chi connectivity index (χ1n) is 7.39. The maximum atomic E-state index is 12.3. The molecule has 1 amide bonds. The number of benzene rings is 1. The molecule has 1 N–H and O–H groups in total. The number of nitrogens with zero attached hydrogens (tertiary/aromatic N) is 1. The summed E-state index contributed by atoms with van der Waals surface area (Å²) in [5, 5.41) is 3.09. The molecular formula is C18H22N2O2. The van der Waals surface area contributed by atoms with E-state index in [1.165, 1.54) is 0 Å². The van der Waals surface area contributed by atoms with Gasteiger partial charge in [0, 0.05) is 25.4 Å². The first kappa shape index (κ1) is 16.2. The van der Waals surface area contributed by atoms with E-state index in [1.807, 2.05) is 55.5 Å². The van der Waals surface area contributed by atoms with E-state index in [0.29, 0.717) is 19.4 Å². The number of hydrogen-bond acceptors (Lipinski definition) is 3. The Morgan fingerprint density at radius 2 is 1.91 bits per heavy atom. The highest BCUT2D eigenvalue weighted by atomic mass is 16.5. The first-order valence-corrected chi connectivity index (χ1v) is 7.39. The molecule has 0 spiro atoms. The molecule has 2 aromatic rings. The van der Waals surface area contributed by atoms with Gasteiger partial charge in [-0.3, -0.25) is 9.78 Å². The van der Waals surface area contributed by atoms with Crippen molar-refractivity contribution in [1.82, 2.24) is 10.3 Å². The molecule has 1 aromatic carbocycles. The second kappa shape index (κ2) is 7.71. The third kappa shape index (κ3) is 4.40. The van der Waals surface area contributed by atoms with Gasteiger partial charge in [-0.1, -0.05) is 36.4 Å². The second-order valence-electron chi connectivity index (χ2n) is 5.50. The van der Waals surface area contributed by atoms with E-state index < -0.39 is 5.54 Å². The zero-order valence-electron chi connectivity index (χ0n) is 13.1. The van der Waals surface area contributed by atoms with Crippen molar-refractivity contribution in [3.8, 4) is 0 Å². The maximum absolute atomic E-state index is 12.3. The van der Waals surface area contributed by atoms with Crippen LogP contribution in [0, 0.1) is 0 Å². The summed E-state index contributed by atoms with van der Waals surface area (Å²) in [5.41, 5.74) is 1.42. The standard InChI is InChI=1S/C18H22N2O2/c1-18(14-22-2,15-8-4-3-5-9-15)20-17(21)12-11-16-10-6-7-13-19-16/h3-10,13H,11-12,14H2,1-2H3,(H,20,21)/t18-/m0/s1. The molecule has 0 aliphatic rings. The molecule has 1 aromatic heterocycles. The van der Waals surface area contributed by atoms with E-state index in [2.05, 4.69) is 10.3 Å². The molecule has 22 heavy (non-hydrogen) atoms. The summed E-state index contributed by atoms with van der Waals surface area (Å²) in [4.78, 5) is 16.5. The molecule has 0 aliphatic carbocycles. The van der Waals surface area contributed by atoms with E-state index in [0.717, 1.165) is 11.3 Å². The SMILES string of the molecule is COC[C@](C)(NC(=O)CCc1ccccn1)c1ccccc1. The highest BCUT2D eigenvalue weighted by Crippen LogP contribution is 2.21. The lowest BCUT2D eigenvalue weighted by Gasteiger charge is -2.30. The number of methoxy groups -OCH3 is 1. The molecule has 0 bridgehead atoms. The smallest absolute Gasteiger partial charge is 0.221 e. The quantitative estimate of drug-likeness (QED) is 0.855. The van der Waals surface area contributed by atoms with Gasteiger partial charge in [-0.2, -0.15) is 0 Å². The van der Waals surface area contributed by atoms with Crippen LogP contribution < -0.4 is 5.32 Å². The largest absolute Gasteiger partial charge is 0.382 e. The highest BCUT2D eigenvalue weighted by Gasteiger charge is 2.28. The molecule has 0 saturated carbocycles. The molecule has 4 nitrogen and oxygen atoms in total. The molecule has 116 valence electrons. The number of aromatic nitrogens is 1. The van der Waals surface area contributed by atoms with Crippen molar-refractivity contribution < 1.29 is 9.53 Å². The Kier molecular flexibility index (Phi) is 5.67. The van der Waals surface area contributed by atoms with Crippen LogP contribution in [0.5, 0.6) is 0 Å². The predicted molar refractivity (Wildman–Crippen MR) is 86.4 cm³/mol. The van der Waals surface area contributed by atoms with E-state index in [9.17, 15) is 4.79 Å². The molecule has 1 heterocycles. The van der Waals surface area contributed by atoms with Crippen LogP contribution in [-0.4, -0.2) is 24.6 Å². The number of aryl methyl sites for hydroxylation is 1. The minimum Gasteiger partial charge on any atom is -0.382 e. The van der Waals surface area contributed by atoms with E-state index in [-0.39, 0.29) is 5.91 Å². The van der Waals surface area contributed by atoms with Gasteiger partial charge in [0.1, 0.15) is 0 Å². The fourth-order valence-electron chi connectivity index (χ4n) is 2.44. The molecule has 0 fully saturated rings. The summed E-state index contributed by atoms with van der Waals surface area (Å²) in [6.07, 6.45) is 2.78. The second-order valence-corrected chi connectivity index (χ2v) is 5.50. The zero-order valence-corrected chi connectivity index (χ0v) is 13.1. The number of hydrogen-bond donors (Lipinski definition) is 1. The lowest BCUT2D eigenvalue weighted by Crippen LogP contribution is -2.46. The summed E-state index contributed by atoms with van der Waals surface area (Å²) >= 11 is 0. The minimum absolute atomic E-state index is 0.00550. The predicted octanol–water partition coefficient (Wildman–Crippen LogP) is 2.69. The zero-order chi connectivity index (χ0) is 15.8. The maximum Gasteiger partial charge on any atom is 0.221 e. The van der Waals surface area contributed by atoms with Gasteiger partial charge in [-0.15, -0.1) is 0 Å². The van der Waals surface area contributed by atoms with Crippen LogP contribution in [-0.2, 0) is 21.5 Å². The Labute approximate surface area is 131 Å². The number of carbonyl (C=O) groups is 1. The van der Waals surface area contributed by atoms with Crippen molar-refractivity contribution in [3.63, 3.8) is 0 Å². The molecule has 4 heteroatoms. The topological polar surface area (TPSA) is 51.2 Å². The van der Waals surface area contributed by atoms with Crippen LogP contribution in [0.3, 0.4) is 0 Å². The summed E-state index contributed by atoms with van der Waals surface area (Å²) < 4.78 is 5.30. The Hall–Kier alpha value is -2.20. The summed E-state index contributed by atoms with van der Waals surface area (Å²) in [6.45, 7) is 2.40. The minimum atomic E-state index is -0.531. The Morgan fingerprint density at radius 1 is 1.18 bits per heavy atom. The highest BCUT2D eigenvalue weighted by molar-refractivity contribution is 5.77. The molecule has 0 aliphatic heterocycles. The van der Waals surface area contributed by atoms with Crippen molar-refractivity contribution in [3.05, 3.63) is 66.0 Å². The number of nitrogens with one attached hydrogen (secondary N) is 1. The molecule has 1 atom stereocenters. The summed E-state index contributed by atoms with van der Waals surface area (Å²) in [5.74, 6) is -0.00550. The molecule has 0 radical (unpaired) electrons. The Morgan fingerprint density at radius 3 is 2.55 bits per heavy atom. The Bertz CT molecular complexity index is 587. The van der Waals surface area contributed by atoms with Crippen LogP contribution in [0.1, 0.15) is 24.6 Å². The van der Waals surface area contributed by atoms with Gasteiger partial charge in [-0.05, 0) is 31.0 Å². The van der Waals surface area contributed by atoms with E-state index >= 15 is 0 Å². The van der Waals surface area contributed by atoms with Gasteiger partial charge in [0.2, 0.25) is 5.91 Å². The third-order valence-corrected chi connectivity index (χ3v) is 3.59. The number of rotatable bonds is 7. The van der Waals surface area contributed by atoms with Gasteiger partial charge in [-0.25, -0.2) is 0 Å². The van der Waals surface area contributed by atoms with Crippen LogP contribution in [0.2, 0.25) is 0 Å². The van der Waals surface area contributed by atoms with Crippen LogP contribution >= 0.6 is 0 Å². The summed E-state index contributed by atoms with van der Waals surface area (Å²) in [7, 11) is 1.64. The average Bonchev–Trinajstić information content (AvgIpc) is 2.55. The normalized spacial score (nSPS) is 13.4. The summed E-state index contributed by atoms with van der Waals surface area (Å²) in [6, 6.07) is 15.6. The van der Waals surface area contributed by atoms with Crippen molar-refractivity contribution in [2.45, 2.75) is 25.3 Å². The monoisotopic (exact) mass is 298 g/mol. The molecule has 2 rings (SSSR count). The van der Waals surface area contributed by atoms with Gasteiger partial charge < -0.3 is 10.1 Å². The first-order chi connectivity index (χ1) is 10.6. The van der Waals surface area contributed by atoms with Crippen molar-refractivity contribution in [1.29, 1.82) is 0 Å². The van der Waals surface area contributed by atoms with Crippen LogP contribution in [0.15, 0.2) is 54.7 Å². The van der Waals surface area contributed by atoms with E-state index in [4.69, 9.17) is 4.74 Å². The fraction of sp³-hybridized carbons (Fsp3) is 0.333. The average molecular weight is 298 g/mol. The van der Waals surface area contributed by atoms with Crippen LogP contribution in [0.25, 0.3) is 0 Å². The van der Waals surface area contributed by atoms with Crippen molar-refractivity contribution in [2.75, 3.05) is 13.7 Å². The molecule has 0 unspecified atom stereocenters. The molecule has 0 saturated heterocycles. The Balaban J connectivity index is 2.00. The molecular weight excluding hydrogens is 276 g/mol. The number of amides is 1. The van der Waals surface area contributed by atoms with E-state index in [1.54, 1.807) is 13.3 Å². The van der Waals surface area contributed by atoms with Crippen LogP contribution in [0.4, 0.5) is 0 Å². The van der Waals surface area contributed by atoms with Crippen molar-refractivity contribution in [2.24, 2.45) is 0 Å². The van der Waals surface area contributed by atoms with Gasteiger partial charge in [0.25, 0.3) is 0 Å². The number of ether oxygens (including phenoxy) is 1. The number of carbonyl (C=O) groups excluding carboxylic acids is 1. The third-order valence-electron chi connectivity index (χ3n) is 3.59. The lowest BCUT2D eigenvalue weighted by atomic mass is 9.92. The van der Waals surface area contributed by atoms with Gasteiger partial charge in [0.05, 0.1) is 12.1 Å². The fourth-order valence-corrected chi connectivity index (χ4v) is 2.44. The van der Waals surface area contributed by atoms with Crippen molar-refractivity contribution >= 4 is 5.91 Å². The van der Waals surface area contributed by atoms with Gasteiger partial charge in [0.15, 0.2) is 0 Å². The van der Waals surface area contributed by atoms with Gasteiger partial charge >= 0.3 is 0 Å². The lowest BCUT2D eigenvalue weighted by molar-refractivity contribution is -0.123. The number of pyridine rings is 1.